The summed E-state index contributed by atoms with van der Waals surface area (Å²) in [4.78, 5) is 0. The number of hydrogen-bond acceptors (Lipinski definition) is 2. The zero-order valence-electron chi connectivity index (χ0n) is 11.0. The van der Waals surface area contributed by atoms with E-state index in [1.807, 2.05) is 18.2 Å². The van der Waals surface area contributed by atoms with Crippen molar-refractivity contribution in [1.82, 2.24) is 0 Å². The summed E-state index contributed by atoms with van der Waals surface area (Å²) in [5, 5.41) is 12.9. The summed E-state index contributed by atoms with van der Waals surface area (Å²) in [6.45, 7) is 2.54. The predicted molar refractivity (Wildman–Crippen MR) is 75.8 cm³/mol. The first-order valence-electron chi connectivity index (χ1n) is 6.50. The number of phenols is 1. The Morgan fingerprint density at radius 1 is 1.11 bits per heavy atom. The van der Waals surface area contributed by atoms with E-state index in [-0.39, 0.29) is 11.6 Å². The summed E-state index contributed by atoms with van der Waals surface area (Å²) in [6, 6.07) is 12.0. The van der Waals surface area contributed by atoms with Crippen LogP contribution in [0.3, 0.4) is 0 Å². The Balaban J connectivity index is 2.12. The second kappa shape index (κ2) is 6.23. The largest absolute Gasteiger partial charge is 0.508 e. The maximum atomic E-state index is 13.1. The van der Waals surface area contributed by atoms with Crippen molar-refractivity contribution in [2.75, 3.05) is 5.32 Å². The lowest BCUT2D eigenvalue weighted by Crippen LogP contribution is -2.03. The minimum Gasteiger partial charge on any atom is -0.508 e. The third-order valence-corrected chi connectivity index (χ3v) is 3.05. The van der Waals surface area contributed by atoms with E-state index in [2.05, 4.69) is 18.3 Å². The highest BCUT2D eigenvalue weighted by molar-refractivity contribution is 5.52. The fraction of sp³-hybridized carbons (Fsp3) is 0.250. The minimum atomic E-state index is -0.337. The van der Waals surface area contributed by atoms with Crippen LogP contribution in [-0.2, 0) is 13.0 Å². The zero-order valence-corrected chi connectivity index (χ0v) is 11.0. The summed E-state index contributed by atoms with van der Waals surface area (Å²) in [5.41, 5.74) is 2.83. The molecule has 0 fully saturated rings. The quantitative estimate of drug-likeness (QED) is 0.847. The first-order chi connectivity index (χ1) is 9.20. The number of anilines is 1. The third-order valence-electron chi connectivity index (χ3n) is 3.05. The van der Waals surface area contributed by atoms with E-state index >= 15 is 0 Å². The summed E-state index contributed by atoms with van der Waals surface area (Å²) in [7, 11) is 0. The van der Waals surface area contributed by atoms with Gasteiger partial charge in [-0.25, -0.2) is 4.39 Å². The van der Waals surface area contributed by atoms with Gasteiger partial charge in [-0.05, 0) is 36.2 Å². The number of nitrogens with one attached hydrogen (secondary N) is 1. The Morgan fingerprint density at radius 2 is 1.89 bits per heavy atom. The molecule has 0 aliphatic rings. The van der Waals surface area contributed by atoms with Gasteiger partial charge < -0.3 is 10.4 Å². The highest BCUT2D eigenvalue weighted by Crippen LogP contribution is 2.21. The molecule has 2 aromatic carbocycles. The van der Waals surface area contributed by atoms with Crippen LogP contribution in [0.1, 0.15) is 24.5 Å². The SMILES string of the molecule is CCCc1ccccc1NCc1cc(F)ccc1O. The summed E-state index contributed by atoms with van der Waals surface area (Å²) in [5.74, 6) is -0.224. The van der Waals surface area contributed by atoms with Crippen LogP contribution in [0.25, 0.3) is 0 Å². The average Bonchev–Trinajstić information content (AvgIpc) is 2.42. The van der Waals surface area contributed by atoms with E-state index in [1.165, 1.54) is 23.8 Å². The molecule has 0 spiro atoms. The molecule has 0 amide bonds. The number of hydrogen-bond donors (Lipinski definition) is 2. The first-order valence-corrected chi connectivity index (χ1v) is 6.50. The summed E-state index contributed by atoms with van der Waals surface area (Å²) >= 11 is 0. The van der Waals surface area contributed by atoms with Crippen molar-refractivity contribution in [3.8, 4) is 5.75 Å². The van der Waals surface area contributed by atoms with Gasteiger partial charge in [0.2, 0.25) is 0 Å². The van der Waals surface area contributed by atoms with Crippen LogP contribution in [0, 0.1) is 5.82 Å². The highest BCUT2D eigenvalue weighted by atomic mass is 19.1. The van der Waals surface area contributed by atoms with E-state index < -0.39 is 0 Å². The molecule has 0 unspecified atom stereocenters. The summed E-state index contributed by atoms with van der Waals surface area (Å²) < 4.78 is 13.1. The maximum Gasteiger partial charge on any atom is 0.123 e. The molecular formula is C16H18FNO. The Morgan fingerprint density at radius 3 is 2.68 bits per heavy atom. The van der Waals surface area contributed by atoms with Gasteiger partial charge in [0.1, 0.15) is 11.6 Å². The molecule has 0 heterocycles. The van der Waals surface area contributed by atoms with Gasteiger partial charge in [0.25, 0.3) is 0 Å². The van der Waals surface area contributed by atoms with Gasteiger partial charge in [0.05, 0.1) is 0 Å². The van der Waals surface area contributed by atoms with Crippen LogP contribution in [0.4, 0.5) is 10.1 Å². The lowest BCUT2D eigenvalue weighted by Gasteiger charge is -2.12. The number of rotatable bonds is 5. The number of halogens is 1. The second-order valence-electron chi connectivity index (χ2n) is 4.53. The molecule has 0 aromatic heterocycles. The van der Waals surface area contributed by atoms with Crippen molar-refractivity contribution < 1.29 is 9.50 Å². The van der Waals surface area contributed by atoms with E-state index in [0.29, 0.717) is 12.1 Å². The molecule has 0 aliphatic carbocycles. The predicted octanol–water partition coefficient (Wildman–Crippen LogP) is 4.10. The molecule has 19 heavy (non-hydrogen) atoms. The van der Waals surface area contributed by atoms with Crippen LogP contribution in [0.2, 0.25) is 0 Å². The normalized spacial score (nSPS) is 10.4. The van der Waals surface area contributed by atoms with Crippen molar-refractivity contribution in [3.05, 3.63) is 59.4 Å². The molecule has 2 N–H and O–H groups in total. The number of aromatic hydroxyl groups is 1. The zero-order chi connectivity index (χ0) is 13.7. The van der Waals surface area contributed by atoms with Gasteiger partial charge in [-0.3, -0.25) is 0 Å². The fourth-order valence-corrected chi connectivity index (χ4v) is 2.07. The molecule has 3 heteroatoms. The van der Waals surface area contributed by atoms with E-state index in [1.54, 1.807) is 0 Å². The number of para-hydroxylation sites is 1. The molecule has 0 aliphatic heterocycles. The van der Waals surface area contributed by atoms with Crippen LogP contribution < -0.4 is 5.32 Å². The Kier molecular flexibility index (Phi) is 4.39. The van der Waals surface area contributed by atoms with Crippen molar-refractivity contribution in [3.63, 3.8) is 0 Å². The topological polar surface area (TPSA) is 32.3 Å². The third kappa shape index (κ3) is 3.47. The molecule has 0 bridgehead atoms. The highest BCUT2D eigenvalue weighted by Gasteiger charge is 2.05. The molecular weight excluding hydrogens is 241 g/mol. The van der Waals surface area contributed by atoms with E-state index in [4.69, 9.17) is 0 Å². The van der Waals surface area contributed by atoms with Gasteiger partial charge in [-0.1, -0.05) is 31.5 Å². The van der Waals surface area contributed by atoms with Crippen molar-refractivity contribution in [2.45, 2.75) is 26.3 Å². The average molecular weight is 259 g/mol. The van der Waals surface area contributed by atoms with Gasteiger partial charge >= 0.3 is 0 Å². The standard InChI is InChI=1S/C16H18FNO/c1-2-5-12-6-3-4-7-15(12)18-11-13-10-14(17)8-9-16(13)19/h3-4,6-10,18-19H,2,5,11H2,1H3. The summed E-state index contributed by atoms with van der Waals surface area (Å²) in [6.07, 6.45) is 2.07. The smallest absolute Gasteiger partial charge is 0.123 e. The van der Waals surface area contributed by atoms with Crippen LogP contribution in [0.15, 0.2) is 42.5 Å². The molecule has 2 aromatic rings. The van der Waals surface area contributed by atoms with Crippen molar-refractivity contribution in [2.24, 2.45) is 0 Å². The number of aryl methyl sites for hydroxylation is 1. The minimum absolute atomic E-state index is 0.113. The van der Waals surface area contributed by atoms with Gasteiger partial charge in [0, 0.05) is 17.8 Å². The Labute approximate surface area is 112 Å². The van der Waals surface area contributed by atoms with Crippen molar-refractivity contribution >= 4 is 5.69 Å². The van der Waals surface area contributed by atoms with Gasteiger partial charge in [-0.15, -0.1) is 0 Å². The lowest BCUT2D eigenvalue weighted by molar-refractivity contribution is 0.466. The molecule has 0 radical (unpaired) electrons. The Bertz CT molecular complexity index is 554. The molecule has 0 saturated carbocycles. The van der Waals surface area contributed by atoms with Gasteiger partial charge in [0.15, 0.2) is 0 Å². The molecule has 0 saturated heterocycles. The molecule has 100 valence electrons. The van der Waals surface area contributed by atoms with Crippen LogP contribution in [0.5, 0.6) is 5.75 Å². The maximum absolute atomic E-state index is 13.1. The van der Waals surface area contributed by atoms with E-state index in [0.717, 1.165) is 18.5 Å². The van der Waals surface area contributed by atoms with Crippen molar-refractivity contribution in [1.29, 1.82) is 0 Å². The second-order valence-corrected chi connectivity index (χ2v) is 4.53. The number of phenolic OH excluding ortho intramolecular Hbond substituents is 1. The monoisotopic (exact) mass is 259 g/mol. The van der Waals surface area contributed by atoms with Crippen LogP contribution >= 0.6 is 0 Å². The first kappa shape index (κ1) is 13.4. The van der Waals surface area contributed by atoms with E-state index in [9.17, 15) is 9.50 Å². The van der Waals surface area contributed by atoms with Crippen LogP contribution in [-0.4, -0.2) is 5.11 Å². The number of benzene rings is 2. The molecule has 2 rings (SSSR count). The Hall–Kier alpha value is -2.03. The fourth-order valence-electron chi connectivity index (χ4n) is 2.07. The van der Waals surface area contributed by atoms with Gasteiger partial charge in [-0.2, -0.15) is 0 Å². The molecule has 2 nitrogen and oxygen atoms in total. The lowest BCUT2D eigenvalue weighted by atomic mass is 10.1. The molecule has 0 atom stereocenters.